The van der Waals surface area contributed by atoms with E-state index in [1.54, 1.807) is 6.21 Å². The molecule has 0 radical (unpaired) electrons. The molecule has 0 spiro atoms. The van der Waals surface area contributed by atoms with Crippen LogP contribution in [-0.4, -0.2) is 30.2 Å². The van der Waals surface area contributed by atoms with E-state index in [0.717, 1.165) is 11.3 Å². The third-order valence-electron chi connectivity index (χ3n) is 2.71. The summed E-state index contributed by atoms with van der Waals surface area (Å²) in [5.74, 6) is 0.106. The third-order valence-corrected chi connectivity index (χ3v) is 2.71. The van der Waals surface area contributed by atoms with Gasteiger partial charge in [-0.25, -0.2) is 9.98 Å². The second kappa shape index (κ2) is 5.92. The Kier molecular flexibility index (Phi) is 4.05. The van der Waals surface area contributed by atoms with Crippen molar-refractivity contribution in [2.45, 2.75) is 0 Å². The number of nitrogens with zero attached hydrogens (tertiary/aromatic N) is 4. The molecule has 0 aliphatic carbocycles. The lowest BCUT2D eigenvalue weighted by molar-refractivity contribution is -0.384. The number of rotatable bonds is 4. The predicted molar refractivity (Wildman–Crippen MR) is 78.9 cm³/mol. The summed E-state index contributed by atoms with van der Waals surface area (Å²) in [5, 5.41) is 10.8. The maximum Gasteiger partial charge on any atom is 0.313 e. The van der Waals surface area contributed by atoms with Crippen molar-refractivity contribution in [1.82, 2.24) is 4.98 Å². The molecule has 0 aliphatic rings. The molecule has 0 unspecified atom stereocenters. The van der Waals surface area contributed by atoms with E-state index < -0.39 is 4.92 Å². The summed E-state index contributed by atoms with van der Waals surface area (Å²) in [5.41, 5.74) is 1.83. The quantitative estimate of drug-likeness (QED) is 0.486. The van der Waals surface area contributed by atoms with Gasteiger partial charge in [-0.1, -0.05) is 12.1 Å². The van der Waals surface area contributed by atoms with Crippen LogP contribution in [0.4, 0.5) is 17.2 Å². The van der Waals surface area contributed by atoms with Crippen molar-refractivity contribution in [3.63, 3.8) is 0 Å². The summed E-state index contributed by atoms with van der Waals surface area (Å²) in [6, 6.07) is 10.6. The van der Waals surface area contributed by atoms with E-state index in [2.05, 4.69) is 9.98 Å². The van der Waals surface area contributed by atoms with Crippen LogP contribution in [0.1, 0.15) is 5.56 Å². The highest BCUT2D eigenvalue weighted by Gasteiger charge is 2.12. The Morgan fingerprint density at radius 2 is 1.95 bits per heavy atom. The molecule has 0 aliphatic heterocycles. The molecule has 0 saturated heterocycles. The van der Waals surface area contributed by atoms with E-state index in [-0.39, 0.29) is 11.5 Å². The van der Waals surface area contributed by atoms with Crippen molar-refractivity contribution < 1.29 is 4.92 Å². The predicted octanol–water partition coefficient (Wildman–Crippen LogP) is 2.81. The number of hydrogen-bond donors (Lipinski definition) is 0. The second-order valence-electron chi connectivity index (χ2n) is 4.35. The number of aromatic nitrogens is 1. The summed E-state index contributed by atoms with van der Waals surface area (Å²) in [7, 11) is 3.92. The highest BCUT2D eigenvalue weighted by molar-refractivity contribution is 5.83. The maximum atomic E-state index is 10.8. The maximum absolute atomic E-state index is 10.8. The van der Waals surface area contributed by atoms with Crippen LogP contribution in [0.25, 0.3) is 0 Å². The number of nitro groups is 1. The molecule has 0 atom stereocenters. The van der Waals surface area contributed by atoms with Crippen LogP contribution in [-0.2, 0) is 0 Å². The second-order valence-corrected chi connectivity index (χ2v) is 4.35. The monoisotopic (exact) mass is 270 g/mol. The molecule has 0 saturated carbocycles. The van der Waals surface area contributed by atoms with Crippen molar-refractivity contribution >= 4 is 23.4 Å². The average molecular weight is 270 g/mol. The number of aliphatic imine (C=N–C) groups is 1. The Labute approximate surface area is 116 Å². The van der Waals surface area contributed by atoms with E-state index in [9.17, 15) is 10.1 Å². The topological polar surface area (TPSA) is 71.6 Å². The van der Waals surface area contributed by atoms with Gasteiger partial charge in [0.25, 0.3) is 0 Å². The number of benzene rings is 1. The van der Waals surface area contributed by atoms with Gasteiger partial charge in [0.15, 0.2) is 0 Å². The highest BCUT2D eigenvalue weighted by atomic mass is 16.6. The van der Waals surface area contributed by atoms with Gasteiger partial charge in [-0.05, 0) is 23.8 Å². The van der Waals surface area contributed by atoms with Crippen molar-refractivity contribution in [2.24, 2.45) is 4.99 Å². The first-order valence-electron chi connectivity index (χ1n) is 5.99. The third kappa shape index (κ3) is 3.17. The van der Waals surface area contributed by atoms with E-state index in [4.69, 9.17) is 0 Å². The summed E-state index contributed by atoms with van der Waals surface area (Å²) in [4.78, 5) is 20.3. The molecule has 102 valence electrons. The Balaban J connectivity index is 2.23. The van der Waals surface area contributed by atoms with Crippen LogP contribution >= 0.6 is 0 Å². The van der Waals surface area contributed by atoms with E-state index in [1.807, 2.05) is 43.3 Å². The summed E-state index contributed by atoms with van der Waals surface area (Å²) in [6.45, 7) is 0. The van der Waals surface area contributed by atoms with Gasteiger partial charge in [0.1, 0.15) is 0 Å². The molecule has 0 N–H and O–H groups in total. The Morgan fingerprint density at radius 1 is 1.25 bits per heavy atom. The molecule has 0 fully saturated rings. The largest absolute Gasteiger partial charge is 0.378 e. The minimum absolute atomic E-state index is 0.103. The first kappa shape index (κ1) is 13.7. The Bertz CT molecular complexity index is 636. The number of anilines is 1. The first-order valence-corrected chi connectivity index (χ1v) is 5.99. The molecule has 2 aromatic rings. The van der Waals surface area contributed by atoms with Gasteiger partial charge in [-0.2, -0.15) is 0 Å². The van der Waals surface area contributed by atoms with Gasteiger partial charge in [0, 0.05) is 38.3 Å². The number of hydrogen-bond acceptors (Lipinski definition) is 5. The minimum atomic E-state index is -0.491. The zero-order chi connectivity index (χ0) is 14.5. The van der Waals surface area contributed by atoms with Crippen LogP contribution in [0.3, 0.4) is 0 Å². The summed E-state index contributed by atoms with van der Waals surface area (Å²) in [6.07, 6.45) is 3.05. The SMILES string of the molecule is CN(C)c1ccc(/C=N/c2ncccc2[N+](=O)[O-])cc1. The lowest BCUT2D eigenvalue weighted by Gasteiger charge is -2.11. The van der Waals surface area contributed by atoms with Gasteiger partial charge in [-0.3, -0.25) is 10.1 Å². The zero-order valence-electron chi connectivity index (χ0n) is 11.2. The van der Waals surface area contributed by atoms with Crippen molar-refractivity contribution in [2.75, 3.05) is 19.0 Å². The van der Waals surface area contributed by atoms with Crippen molar-refractivity contribution in [1.29, 1.82) is 0 Å². The van der Waals surface area contributed by atoms with Crippen molar-refractivity contribution in [3.8, 4) is 0 Å². The molecule has 6 nitrogen and oxygen atoms in total. The summed E-state index contributed by atoms with van der Waals surface area (Å²) >= 11 is 0. The molecule has 20 heavy (non-hydrogen) atoms. The fourth-order valence-corrected chi connectivity index (χ4v) is 1.62. The standard InChI is InChI=1S/C14H14N4O2/c1-17(2)12-7-5-11(6-8-12)10-16-14-13(18(19)20)4-3-9-15-14/h3-10H,1-2H3/b16-10+. The van der Waals surface area contributed by atoms with Crippen LogP contribution in [0.15, 0.2) is 47.6 Å². The molecule has 0 amide bonds. The lowest BCUT2D eigenvalue weighted by atomic mass is 10.2. The molecule has 2 rings (SSSR count). The Morgan fingerprint density at radius 3 is 2.55 bits per heavy atom. The first-order chi connectivity index (χ1) is 9.58. The molecule has 1 aromatic heterocycles. The van der Waals surface area contributed by atoms with Gasteiger partial charge in [-0.15, -0.1) is 0 Å². The van der Waals surface area contributed by atoms with Crippen molar-refractivity contribution in [3.05, 3.63) is 58.3 Å². The number of pyridine rings is 1. The smallest absolute Gasteiger partial charge is 0.313 e. The van der Waals surface area contributed by atoms with E-state index in [0.29, 0.717) is 0 Å². The normalized spacial score (nSPS) is 10.7. The highest BCUT2D eigenvalue weighted by Crippen LogP contribution is 2.23. The molecule has 0 bridgehead atoms. The van der Waals surface area contributed by atoms with Crippen LogP contribution in [0.5, 0.6) is 0 Å². The van der Waals surface area contributed by atoms with E-state index >= 15 is 0 Å². The summed E-state index contributed by atoms with van der Waals surface area (Å²) < 4.78 is 0. The zero-order valence-corrected chi connectivity index (χ0v) is 11.2. The molecule has 1 aromatic carbocycles. The molecular weight excluding hydrogens is 256 g/mol. The fraction of sp³-hybridized carbons (Fsp3) is 0.143. The van der Waals surface area contributed by atoms with Crippen LogP contribution in [0.2, 0.25) is 0 Å². The molecular formula is C14H14N4O2. The van der Waals surface area contributed by atoms with Crippen LogP contribution in [0, 0.1) is 10.1 Å². The average Bonchev–Trinajstić information content (AvgIpc) is 2.45. The van der Waals surface area contributed by atoms with Gasteiger partial charge < -0.3 is 4.90 Å². The van der Waals surface area contributed by atoms with Gasteiger partial charge in [0.2, 0.25) is 5.82 Å². The van der Waals surface area contributed by atoms with Gasteiger partial charge >= 0.3 is 5.69 Å². The van der Waals surface area contributed by atoms with Crippen LogP contribution < -0.4 is 4.90 Å². The minimum Gasteiger partial charge on any atom is -0.378 e. The van der Waals surface area contributed by atoms with E-state index in [1.165, 1.54) is 18.3 Å². The molecule has 6 heteroatoms. The Hall–Kier alpha value is -2.76. The fourth-order valence-electron chi connectivity index (χ4n) is 1.62. The van der Waals surface area contributed by atoms with Gasteiger partial charge in [0.05, 0.1) is 4.92 Å². The lowest BCUT2D eigenvalue weighted by Crippen LogP contribution is -2.08. The molecule has 1 heterocycles.